The van der Waals surface area contributed by atoms with E-state index in [0.29, 0.717) is 37.2 Å². The maximum atomic E-state index is 12.7. The SMILES string of the molecule is Cc1cccc(C(=O)N2C[C@@H](CN)[C@H](c3ccccc3)C2)n1. The summed E-state index contributed by atoms with van der Waals surface area (Å²) in [5.74, 6) is 0.608. The Morgan fingerprint density at radius 2 is 1.95 bits per heavy atom. The molecule has 3 rings (SSSR count). The van der Waals surface area contributed by atoms with Crippen LogP contribution in [0.15, 0.2) is 48.5 Å². The molecule has 114 valence electrons. The average molecular weight is 295 g/mol. The minimum Gasteiger partial charge on any atom is -0.336 e. The molecule has 2 N–H and O–H groups in total. The van der Waals surface area contributed by atoms with Crippen molar-refractivity contribution >= 4 is 5.91 Å². The molecule has 1 aliphatic heterocycles. The second-order valence-electron chi connectivity index (χ2n) is 5.89. The Morgan fingerprint density at radius 3 is 2.64 bits per heavy atom. The zero-order chi connectivity index (χ0) is 15.5. The Morgan fingerprint density at radius 1 is 1.18 bits per heavy atom. The predicted molar refractivity (Wildman–Crippen MR) is 86.6 cm³/mol. The topological polar surface area (TPSA) is 59.2 Å². The van der Waals surface area contributed by atoms with Crippen molar-refractivity contribution < 1.29 is 4.79 Å². The lowest BCUT2D eigenvalue weighted by Gasteiger charge is -2.16. The third-order valence-corrected chi connectivity index (χ3v) is 4.37. The van der Waals surface area contributed by atoms with Crippen molar-refractivity contribution in [2.24, 2.45) is 11.7 Å². The lowest BCUT2D eigenvalue weighted by molar-refractivity contribution is 0.0780. The molecule has 1 aliphatic rings. The van der Waals surface area contributed by atoms with Crippen LogP contribution in [0.2, 0.25) is 0 Å². The number of aromatic nitrogens is 1. The van der Waals surface area contributed by atoms with Crippen LogP contribution in [0, 0.1) is 12.8 Å². The molecule has 0 bridgehead atoms. The molecule has 0 spiro atoms. The smallest absolute Gasteiger partial charge is 0.272 e. The summed E-state index contributed by atoms with van der Waals surface area (Å²) in [6, 6.07) is 15.9. The Kier molecular flexibility index (Phi) is 4.20. The summed E-state index contributed by atoms with van der Waals surface area (Å²) in [5, 5.41) is 0. The number of benzene rings is 1. The summed E-state index contributed by atoms with van der Waals surface area (Å²) in [4.78, 5) is 18.9. The van der Waals surface area contributed by atoms with Gasteiger partial charge in [0.05, 0.1) is 0 Å². The summed E-state index contributed by atoms with van der Waals surface area (Å²) in [7, 11) is 0. The predicted octanol–water partition coefficient (Wildman–Crippen LogP) is 2.20. The molecule has 1 aromatic heterocycles. The molecular formula is C18H21N3O. The molecule has 4 nitrogen and oxygen atoms in total. The van der Waals surface area contributed by atoms with Gasteiger partial charge in [0.25, 0.3) is 5.91 Å². The van der Waals surface area contributed by atoms with Gasteiger partial charge in [-0.3, -0.25) is 4.79 Å². The van der Waals surface area contributed by atoms with Crippen LogP contribution in [0.5, 0.6) is 0 Å². The molecule has 0 radical (unpaired) electrons. The van der Waals surface area contributed by atoms with Gasteiger partial charge in [-0.15, -0.1) is 0 Å². The van der Waals surface area contributed by atoms with Crippen LogP contribution in [-0.4, -0.2) is 35.4 Å². The van der Waals surface area contributed by atoms with Crippen molar-refractivity contribution in [3.05, 3.63) is 65.5 Å². The van der Waals surface area contributed by atoms with Crippen LogP contribution in [0.3, 0.4) is 0 Å². The van der Waals surface area contributed by atoms with Gasteiger partial charge in [0.1, 0.15) is 5.69 Å². The van der Waals surface area contributed by atoms with Gasteiger partial charge in [0.15, 0.2) is 0 Å². The summed E-state index contributed by atoms with van der Waals surface area (Å²) in [6.45, 7) is 3.89. The van der Waals surface area contributed by atoms with Crippen molar-refractivity contribution in [3.63, 3.8) is 0 Å². The molecule has 2 heterocycles. The van der Waals surface area contributed by atoms with E-state index in [0.717, 1.165) is 5.69 Å². The molecular weight excluding hydrogens is 274 g/mol. The van der Waals surface area contributed by atoms with Crippen molar-refractivity contribution in [1.82, 2.24) is 9.88 Å². The van der Waals surface area contributed by atoms with E-state index in [1.165, 1.54) is 5.56 Å². The Hall–Kier alpha value is -2.20. The average Bonchev–Trinajstić information content (AvgIpc) is 2.99. The van der Waals surface area contributed by atoms with Crippen LogP contribution in [-0.2, 0) is 0 Å². The molecule has 1 saturated heterocycles. The van der Waals surface area contributed by atoms with Crippen molar-refractivity contribution in [1.29, 1.82) is 0 Å². The normalized spacial score (nSPS) is 21.1. The molecule has 4 heteroatoms. The van der Waals surface area contributed by atoms with Gasteiger partial charge in [-0.05, 0) is 37.1 Å². The fraction of sp³-hybridized carbons (Fsp3) is 0.333. The van der Waals surface area contributed by atoms with Crippen molar-refractivity contribution in [3.8, 4) is 0 Å². The quantitative estimate of drug-likeness (QED) is 0.944. The summed E-state index contributed by atoms with van der Waals surface area (Å²) >= 11 is 0. The molecule has 0 unspecified atom stereocenters. The molecule has 0 saturated carbocycles. The molecule has 1 fully saturated rings. The highest BCUT2D eigenvalue weighted by Gasteiger charge is 2.35. The first-order valence-electron chi connectivity index (χ1n) is 7.67. The number of rotatable bonds is 3. The zero-order valence-electron chi connectivity index (χ0n) is 12.8. The summed E-state index contributed by atoms with van der Waals surface area (Å²) in [6.07, 6.45) is 0. The van der Waals surface area contributed by atoms with E-state index in [-0.39, 0.29) is 5.91 Å². The number of hydrogen-bond acceptors (Lipinski definition) is 3. The van der Waals surface area contributed by atoms with Gasteiger partial charge in [0, 0.05) is 24.7 Å². The van der Waals surface area contributed by atoms with E-state index in [4.69, 9.17) is 5.73 Å². The Labute approximate surface area is 131 Å². The van der Waals surface area contributed by atoms with Gasteiger partial charge in [-0.1, -0.05) is 36.4 Å². The monoisotopic (exact) mass is 295 g/mol. The lowest BCUT2D eigenvalue weighted by Crippen LogP contribution is -2.30. The molecule has 2 atom stereocenters. The maximum absolute atomic E-state index is 12.7. The minimum atomic E-state index is 0.000538. The van der Waals surface area contributed by atoms with Gasteiger partial charge in [-0.25, -0.2) is 4.98 Å². The van der Waals surface area contributed by atoms with Crippen LogP contribution in [0.25, 0.3) is 0 Å². The fourth-order valence-corrected chi connectivity index (χ4v) is 3.18. The van der Waals surface area contributed by atoms with E-state index in [9.17, 15) is 4.79 Å². The van der Waals surface area contributed by atoms with Gasteiger partial charge in [0.2, 0.25) is 0 Å². The largest absolute Gasteiger partial charge is 0.336 e. The number of aryl methyl sites for hydroxylation is 1. The van der Waals surface area contributed by atoms with Crippen molar-refractivity contribution in [2.75, 3.05) is 19.6 Å². The fourth-order valence-electron chi connectivity index (χ4n) is 3.18. The van der Waals surface area contributed by atoms with Gasteiger partial charge >= 0.3 is 0 Å². The number of pyridine rings is 1. The number of carbonyl (C=O) groups is 1. The molecule has 0 aliphatic carbocycles. The molecule has 1 amide bonds. The first-order valence-corrected chi connectivity index (χ1v) is 7.67. The molecule has 1 aromatic carbocycles. The van der Waals surface area contributed by atoms with E-state index in [2.05, 4.69) is 17.1 Å². The van der Waals surface area contributed by atoms with Crippen molar-refractivity contribution in [2.45, 2.75) is 12.8 Å². The second kappa shape index (κ2) is 6.28. The number of nitrogens with two attached hydrogens (primary N) is 1. The summed E-state index contributed by atoms with van der Waals surface area (Å²) < 4.78 is 0. The van der Waals surface area contributed by atoms with Gasteiger partial charge in [-0.2, -0.15) is 0 Å². The number of carbonyl (C=O) groups excluding carboxylic acids is 1. The van der Waals surface area contributed by atoms with E-state index in [1.54, 1.807) is 6.07 Å². The third-order valence-electron chi connectivity index (χ3n) is 4.37. The van der Waals surface area contributed by atoms with Crippen LogP contribution in [0.4, 0.5) is 0 Å². The van der Waals surface area contributed by atoms with Crippen LogP contribution in [0.1, 0.15) is 27.7 Å². The highest BCUT2D eigenvalue weighted by Crippen LogP contribution is 2.32. The number of nitrogens with zero attached hydrogens (tertiary/aromatic N) is 2. The minimum absolute atomic E-state index is 0.000538. The standard InChI is InChI=1S/C18H21N3O/c1-13-6-5-9-17(20-13)18(22)21-11-15(10-19)16(12-21)14-7-3-2-4-8-14/h2-9,15-16H,10-12,19H2,1H3/t15-,16+/m1/s1. The third kappa shape index (κ3) is 2.88. The number of hydrogen-bond donors (Lipinski definition) is 1. The first kappa shape index (κ1) is 14.7. The number of amides is 1. The van der Waals surface area contributed by atoms with E-state index in [1.807, 2.05) is 42.2 Å². The van der Waals surface area contributed by atoms with Crippen LogP contribution >= 0.6 is 0 Å². The Bertz CT molecular complexity index is 656. The van der Waals surface area contributed by atoms with Crippen LogP contribution < -0.4 is 5.73 Å². The maximum Gasteiger partial charge on any atom is 0.272 e. The molecule has 2 aromatic rings. The second-order valence-corrected chi connectivity index (χ2v) is 5.89. The zero-order valence-corrected chi connectivity index (χ0v) is 12.8. The van der Waals surface area contributed by atoms with Gasteiger partial charge < -0.3 is 10.6 Å². The highest BCUT2D eigenvalue weighted by molar-refractivity contribution is 5.92. The summed E-state index contributed by atoms with van der Waals surface area (Å²) in [5.41, 5.74) is 8.57. The Balaban J connectivity index is 1.81. The van der Waals surface area contributed by atoms with E-state index >= 15 is 0 Å². The first-order chi connectivity index (χ1) is 10.7. The lowest BCUT2D eigenvalue weighted by atomic mass is 9.89. The molecule has 22 heavy (non-hydrogen) atoms. The highest BCUT2D eigenvalue weighted by atomic mass is 16.2. The number of likely N-dealkylation sites (tertiary alicyclic amines) is 1. The van der Waals surface area contributed by atoms with E-state index < -0.39 is 0 Å².